The second kappa shape index (κ2) is 6.89. The maximum absolute atomic E-state index is 8.36. The quantitative estimate of drug-likeness (QED) is 0.837. The van der Waals surface area contributed by atoms with E-state index >= 15 is 0 Å². The summed E-state index contributed by atoms with van der Waals surface area (Å²) in [5.74, 6) is 3.40. The third kappa shape index (κ3) is 4.65. The molecule has 0 aromatic heterocycles. The maximum Gasteiger partial charge on any atom is 0.290 e. The van der Waals surface area contributed by atoms with Crippen LogP contribution in [0, 0.1) is 18.8 Å². The van der Waals surface area contributed by atoms with Crippen LogP contribution in [0.15, 0.2) is 18.2 Å². The van der Waals surface area contributed by atoms with Gasteiger partial charge in [-0.2, -0.15) is 0 Å². The van der Waals surface area contributed by atoms with Gasteiger partial charge in [-0.25, -0.2) is 0 Å². The van der Waals surface area contributed by atoms with E-state index in [9.17, 15) is 0 Å². The summed E-state index contributed by atoms with van der Waals surface area (Å²) >= 11 is 0. The first-order chi connectivity index (χ1) is 8.60. The molecule has 1 aromatic rings. The summed E-state index contributed by atoms with van der Waals surface area (Å²) < 4.78 is 10.9. The number of carboxylic acid groups (broad SMARTS) is 1. The SMILES string of the molecule is COc1cc(C)cc(OCC2CC2C)c1.O=CO. The van der Waals surface area contributed by atoms with Crippen LogP contribution in [0.4, 0.5) is 0 Å². The molecule has 1 fully saturated rings. The highest BCUT2D eigenvalue weighted by Gasteiger charge is 2.32. The summed E-state index contributed by atoms with van der Waals surface area (Å²) in [5.41, 5.74) is 1.17. The van der Waals surface area contributed by atoms with E-state index in [2.05, 4.69) is 19.9 Å². The second-order valence-electron chi connectivity index (χ2n) is 4.58. The van der Waals surface area contributed by atoms with Crippen molar-refractivity contribution in [1.29, 1.82) is 0 Å². The minimum Gasteiger partial charge on any atom is -0.497 e. The van der Waals surface area contributed by atoms with Crippen molar-refractivity contribution in [2.45, 2.75) is 20.3 Å². The van der Waals surface area contributed by atoms with Crippen molar-refractivity contribution in [3.05, 3.63) is 23.8 Å². The molecular formula is C14H20O4. The molecule has 1 N–H and O–H groups in total. The van der Waals surface area contributed by atoms with Gasteiger partial charge in [-0.05, 0) is 42.9 Å². The minimum absolute atomic E-state index is 0.250. The first-order valence-corrected chi connectivity index (χ1v) is 5.97. The van der Waals surface area contributed by atoms with Crippen LogP contribution >= 0.6 is 0 Å². The zero-order valence-electron chi connectivity index (χ0n) is 11.1. The van der Waals surface area contributed by atoms with Gasteiger partial charge in [-0.15, -0.1) is 0 Å². The van der Waals surface area contributed by atoms with Gasteiger partial charge in [-0.3, -0.25) is 4.79 Å². The number of aryl methyl sites for hydroxylation is 1. The minimum atomic E-state index is -0.250. The van der Waals surface area contributed by atoms with Gasteiger partial charge in [-0.1, -0.05) is 6.92 Å². The molecule has 2 unspecified atom stereocenters. The van der Waals surface area contributed by atoms with E-state index < -0.39 is 0 Å². The lowest BCUT2D eigenvalue weighted by atomic mass is 10.2. The van der Waals surface area contributed by atoms with Crippen LogP contribution in [-0.4, -0.2) is 25.3 Å². The van der Waals surface area contributed by atoms with Crippen LogP contribution in [0.1, 0.15) is 18.9 Å². The fourth-order valence-electron chi connectivity index (χ4n) is 1.75. The number of ether oxygens (including phenoxy) is 2. The predicted octanol–water partition coefficient (Wildman–Crippen LogP) is 2.74. The number of carbonyl (C=O) groups is 1. The highest BCUT2D eigenvalue weighted by Crippen LogP contribution is 2.38. The Morgan fingerprint density at radius 2 is 1.94 bits per heavy atom. The van der Waals surface area contributed by atoms with E-state index in [0.29, 0.717) is 0 Å². The maximum atomic E-state index is 8.36. The summed E-state index contributed by atoms with van der Waals surface area (Å²) in [6, 6.07) is 6.00. The fraction of sp³-hybridized carbons (Fsp3) is 0.500. The third-order valence-corrected chi connectivity index (χ3v) is 3.00. The zero-order chi connectivity index (χ0) is 13.5. The fourth-order valence-corrected chi connectivity index (χ4v) is 1.75. The normalized spacial score (nSPS) is 20.4. The van der Waals surface area contributed by atoms with Crippen molar-refractivity contribution in [1.82, 2.24) is 0 Å². The number of methoxy groups -OCH3 is 1. The molecule has 18 heavy (non-hydrogen) atoms. The summed E-state index contributed by atoms with van der Waals surface area (Å²) in [7, 11) is 1.68. The zero-order valence-corrected chi connectivity index (χ0v) is 11.1. The topological polar surface area (TPSA) is 55.8 Å². The van der Waals surface area contributed by atoms with Crippen LogP contribution in [-0.2, 0) is 4.79 Å². The van der Waals surface area contributed by atoms with Gasteiger partial charge in [0, 0.05) is 6.07 Å². The first kappa shape index (κ1) is 14.4. The van der Waals surface area contributed by atoms with E-state index in [1.807, 2.05) is 12.1 Å². The molecule has 100 valence electrons. The highest BCUT2D eigenvalue weighted by molar-refractivity contribution is 5.37. The molecule has 4 heteroatoms. The van der Waals surface area contributed by atoms with Crippen molar-refractivity contribution >= 4 is 6.47 Å². The molecular weight excluding hydrogens is 232 g/mol. The van der Waals surface area contributed by atoms with Crippen LogP contribution in [0.2, 0.25) is 0 Å². The smallest absolute Gasteiger partial charge is 0.290 e. The molecule has 0 bridgehead atoms. The molecule has 2 atom stereocenters. The van der Waals surface area contributed by atoms with E-state index in [0.717, 1.165) is 29.9 Å². The highest BCUT2D eigenvalue weighted by atomic mass is 16.5. The van der Waals surface area contributed by atoms with Crippen molar-refractivity contribution < 1.29 is 19.4 Å². The van der Waals surface area contributed by atoms with E-state index in [-0.39, 0.29) is 6.47 Å². The van der Waals surface area contributed by atoms with E-state index in [1.54, 1.807) is 7.11 Å². The van der Waals surface area contributed by atoms with E-state index in [4.69, 9.17) is 19.4 Å². The van der Waals surface area contributed by atoms with Crippen LogP contribution in [0.25, 0.3) is 0 Å². The lowest BCUT2D eigenvalue weighted by molar-refractivity contribution is -0.122. The molecule has 0 amide bonds. The molecule has 1 aromatic carbocycles. The van der Waals surface area contributed by atoms with Crippen LogP contribution in [0.5, 0.6) is 11.5 Å². The molecule has 0 spiro atoms. The summed E-state index contributed by atoms with van der Waals surface area (Å²) in [5, 5.41) is 6.89. The Hall–Kier alpha value is -1.71. The summed E-state index contributed by atoms with van der Waals surface area (Å²) in [6.07, 6.45) is 1.31. The Labute approximate surface area is 108 Å². The van der Waals surface area contributed by atoms with E-state index in [1.165, 1.54) is 12.0 Å². The van der Waals surface area contributed by atoms with Gasteiger partial charge in [0.2, 0.25) is 0 Å². The summed E-state index contributed by atoms with van der Waals surface area (Å²) in [6.45, 7) is 4.91. The molecule has 0 saturated heterocycles. The number of hydrogen-bond acceptors (Lipinski definition) is 3. The lowest BCUT2D eigenvalue weighted by Crippen LogP contribution is -2.00. The van der Waals surface area contributed by atoms with Gasteiger partial charge in [0.05, 0.1) is 13.7 Å². The third-order valence-electron chi connectivity index (χ3n) is 3.00. The molecule has 1 aliphatic rings. The van der Waals surface area contributed by atoms with Crippen LogP contribution < -0.4 is 9.47 Å². The lowest BCUT2D eigenvalue weighted by Gasteiger charge is -2.08. The van der Waals surface area contributed by atoms with Gasteiger partial charge < -0.3 is 14.6 Å². The average molecular weight is 252 g/mol. The number of hydrogen-bond donors (Lipinski definition) is 1. The Morgan fingerprint density at radius 3 is 2.44 bits per heavy atom. The van der Waals surface area contributed by atoms with Crippen molar-refractivity contribution in [3.63, 3.8) is 0 Å². The van der Waals surface area contributed by atoms with Crippen molar-refractivity contribution in [2.75, 3.05) is 13.7 Å². The molecule has 1 aliphatic carbocycles. The van der Waals surface area contributed by atoms with Crippen LogP contribution in [0.3, 0.4) is 0 Å². The predicted molar refractivity (Wildman–Crippen MR) is 69.2 cm³/mol. The Morgan fingerprint density at radius 1 is 1.39 bits per heavy atom. The van der Waals surface area contributed by atoms with Crippen molar-refractivity contribution in [3.8, 4) is 11.5 Å². The Bertz CT molecular complexity index is 389. The molecule has 0 heterocycles. The van der Waals surface area contributed by atoms with Gasteiger partial charge >= 0.3 is 0 Å². The molecule has 1 saturated carbocycles. The number of benzene rings is 1. The van der Waals surface area contributed by atoms with Gasteiger partial charge in [0.1, 0.15) is 11.5 Å². The molecule has 2 rings (SSSR count). The summed E-state index contributed by atoms with van der Waals surface area (Å²) in [4.78, 5) is 8.36. The molecule has 4 nitrogen and oxygen atoms in total. The largest absolute Gasteiger partial charge is 0.497 e. The standard InChI is InChI=1S/C13H18O2.CH2O2/c1-9-4-12(14-3)7-13(5-9)15-8-11-6-10(11)2;2-1-3/h4-5,7,10-11H,6,8H2,1-3H3;1H,(H,2,3). The average Bonchev–Trinajstić information content (AvgIpc) is 3.03. The van der Waals surface area contributed by atoms with Gasteiger partial charge in [0.25, 0.3) is 6.47 Å². The second-order valence-corrected chi connectivity index (χ2v) is 4.58. The van der Waals surface area contributed by atoms with Crippen molar-refractivity contribution in [2.24, 2.45) is 11.8 Å². The number of rotatable bonds is 4. The Kier molecular flexibility index (Phi) is 5.49. The van der Waals surface area contributed by atoms with Gasteiger partial charge in [0.15, 0.2) is 0 Å². The monoisotopic (exact) mass is 252 g/mol. The molecule has 0 aliphatic heterocycles. The first-order valence-electron chi connectivity index (χ1n) is 5.97. The Balaban J connectivity index is 0.000000492. The molecule has 0 radical (unpaired) electrons.